The molecule has 1 N–H and O–H groups in total. The van der Waals surface area contributed by atoms with E-state index in [1.54, 1.807) is 12.5 Å². The first-order valence-corrected chi connectivity index (χ1v) is 6.26. The summed E-state index contributed by atoms with van der Waals surface area (Å²) in [5.41, 5.74) is 0.846. The lowest BCUT2D eigenvalue weighted by Crippen LogP contribution is -2.30. The van der Waals surface area contributed by atoms with Crippen LogP contribution in [0.15, 0.2) is 27.5 Å². The number of hydrogen-bond acceptors (Lipinski definition) is 6. The van der Waals surface area contributed by atoms with Crippen LogP contribution in [0.3, 0.4) is 0 Å². The third-order valence-corrected chi connectivity index (χ3v) is 3.50. The molecule has 1 aliphatic rings. The zero-order chi connectivity index (χ0) is 10.8. The third-order valence-electron chi connectivity index (χ3n) is 2.44. The highest BCUT2D eigenvalue weighted by Crippen LogP contribution is 2.23. The molecule has 1 atom stereocenters. The number of hydrogen-bond donors (Lipinski definition) is 1. The molecular weight excluding hydrogens is 226 g/mol. The van der Waals surface area contributed by atoms with E-state index in [0.29, 0.717) is 11.7 Å². The summed E-state index contributed by atoms with van der Waals surface area (Å²) in [6.45, 7) is 0.985. The summed E-state index contributed by atoms with van der Waals surface area (Å²) >= 11 is 1.90. The molecule has 1 saturated heterocycles. The highest BCUT2D eigenvalue weighted by Gasteiger charge is 2.21. The number of thioether (sulfide) groups is 1. The van der Waals surface area contributed by atoms with Crippen molar-refractivity contribution in [3.8, 4) is 11.4 Å². The van der Waals surface area contributed by atoms with Gasteiger partial charge in [0, 0.05) is 18.1 Å². The first-order valence-electron chi connectivity index (χ1n) is 5.11. The summed E-state index contributed by atoms with van der Waals surface area (Å²) in [6.07, 6.45) is 3.21. The number of aromatic nitrogens is 2. The van der Waals surface area contributed by atoms with Crippen LogP contribution in [0.25, 0.3) is 11.4 Å². The maximum atomic E-state index is 5.25. The van der Waals surface area contributed by atoms with Crippen LogP contribution in [-0.2, 0) is 0 Å². The van der Waals surface area contributed by atoms with Crippen LogP contribution in [0.4, 0.5) is 0 Å². The van der Waals surface area contributed by atoms with E-state index in [9.17, 15) is 0 Å². The molecule has 0 amide bonds. The molecule has 0 aliphatic carbocycles. The van der Waals surface area contributed by atoms with Gasteiger partial charge in [0.1, 0.15) is 6.26 Å². The molecule has 1 aliphatic heterocycles. The number of nitrogens with zero attached hydrogens (tertiary/aromatic N) is 2. The Morgan fingerprint density at radius 1 is 1.50 bits per heavy atom. The Balaban J connectivity index is 1.82. The molecule has 1 unspecified atom stereocenters. The standard InChI is InChI=1S/C10H11N3O2S/c1-3-14-5-7(1)9-12-10(15-13-9)8-6-16-4-2-11-8/h1,3,5,8,11H,2,4,6H2. The minimum atomic E-state index is 0.173. The Labute approximate surface area is 96.6 Å². The lowest BCUT2D eigenvalue weighted by atomic mass is 10.3. The average Bonchev–Trinajstić information content (AvgIpc) is 3.01. The van der Waals surface area contributed by atoms with Gasteiger partial charge in [0.05, 0.1) is 17.9 Å². The second-order valence-electron chi connectivity index (χ2n) is 3.55. The third kappa shape index (κ3) is 1.85. The van der Waals surface area contributed by atoms with Crippen molar-refractivity contribution in [3.05, 3.63) is 24.5 Å². The normalized spacial score (nSPS) is 21.1. The summed E-state index contributed by atoms with van der Waals surface area (Å²) < 4.78 is 10.2. The van der Waals surface area contributed by atoms with Gasteiger partial charge < -0.3 is 14.3 Å². The molecule has 5 nitrogen and oxygen atoms in total. The molecule has 84 valence electrons. The van der Waals surface area contributed by atoms with Crippen LogP contribution in [0.1, 0.15) is 11.9 Å². The molecule has 0 aromatic carbocycles. The van der Waals surface area contributed by atoms with Gasteiger partial charge in [0.15, 0.2) is 0 Å². The van der Waals surface area contributed by atoms with Gasteiger partial charge >= 0.3 is 0 Å². The molecular formula is C10H11N3O2S. The van der Waals surface area contributed by atoms with Crippen molar-refractivity contribution in [3.63, 3.8) is 0 Å². The molecule has 0 saturated carbocycles. The van der Waals surface area contributed by atoms with Crippen molar-refractivity contribution < 1.29 is 8.94 Å². The van der Waals surface area contributed by atoms with E-state index < -0.39 is 0 Å². The quantitative estimate of drug-likeness (QED) is 0.857. The summed E-state index contributed by atoms with van der Waals surface area (Å²) in [7, 11) is 0. The SMILES string of the molecule is c1cc(-c2noc(C3CSCCN3)n2)co1. The van der Waals surface area contributed by atoms with Gasteiger partial charge in [-0.15, -0.1) is 0 Å². The Morgan fingerprint density at radius 2 is 2.50 bits per heavy atom. The fraction of sp³-hybridized carbons (Fsp3) is 0.400. The van der Waals surface area contributed by atoms with Crippen molar-refractivity contribution in [2.45, 2.75) is 6.04 Å². The van der Waals surface area contributed by atoms with Crippen molar-refractivity contribution >= 4 is 11.8 Å². The van der Waals surface area contributed by atoms with E-state index in [1.165, 1.54) is 0 Å². The first-order chi connectivity index (χ1) is 7.93. The highest BCUT2D eigenvalue weighted by molar-refractivity contribution is 7.99. The van der Waals surface area contributed by atoms with Crippen molar-refractivity contribution in [1.82, 2.24) is 15.5 Å². The molecule has 2 aromatic heterocycles. The van der Waals surface area contributed by atoms with Gasteiger partial charge in [-0.25, -0.2) is 0 Å². The molecule has 6 heteroatoms. The van der Waals surface area contributed by atoms with E-state index >= 15 is 0 Å². The monoisotopic (exact) mass is 237 g/mol. The maximum Gasteiger partial charge on any atom is 0.244 e. The van der Waals surface area contributed by atoms with Crippen LogP contribution in [0.2, 0.25) is 0 Å². The largest absolute Gasteiger partial charge is 0.472 e. The zero-order valence-corrected chi connectivity index (χ0v) is 9.37. The van der Waals surface area contributed by atoms with Gasteiger partial charge in [0.25, 0.3) is 0 Å². The molecule has 3 heterocycles. The predicted molar refractivity (Wildman–Crippen MR) is 60.1 cm³/mol. The minimum Gasteiger partial charge on any atom is -0.472 e. The van der Waals surface area contributed by atoms with Crippen molar-refractivity contribution in [2.24, 2.45) is 0 Å². The van der Waals surface area contributed by atoms with Crippen LogP contribution in [0, 0.1) is 0 Å². The van der Waals surface area contributed by atoms with Gasteiger partial charge in [-0.3, -0.25) is 0 Å². The topological polar surface area (TPSA) is 64.1 Å². The van der Waals surface area contributed by atoms with Crippen molar-refractivity contribution in [1.29, 1.82) is 0 Å². The van der Waals surface area contributed by atoms with E-state index in [2.05, 4.69) is 15.5 Å². The maximum absolute atomic E-state index is 5.25. The van der Waals surface area contributed by atoms with E-state index in [1.807, 2.05) is 17.8 Å². The number of rotatable bonds is 2. The molecule has 16 heavy (non-hydrogen) atoms. The molecule has 0 radical (unpaired) electrons. The summed E-state index contributed by atoms with van der Waals surface area (Å²) in [6, 6.07) is 1.99. The summed E-state index contributed by atoms with van der Waals surface area (Å²) in [5, 5.41) is 7.29. The molecule has 1 fully saturated rings. The van der Waals surface area contributed by atoms with Crippen molar-refractivity contribution in [2.75, 3.05) is 18.1 Å². The Kier molecular flexibility index (Phi) is 2.67. The predicted octanol–water partition coefficient (Wildman–Crippen LogP) is 1.71. The Hall–Kier alpha value is -1.27. The van der Waals surface area contributed by atoms with Gasteiger partial charge in [-0.05, 0) is 6.07 Å². The molecule has 3 rings (SSSR count). The molecule has 0 spiro atoms. The van der Waals surface area contributed by atoms with E-state index in [4.69, 9.17) is 8.94 Å². The van der Waals surface area contributed by atoms with E-state index in [-0.39, 0.29) is 6.04 Å². The van der Waals surface area contributed by atoms with Crippen LogP contribution in [0.5, 0.6) is 0 Å². The van der Waals surface area contributed by atoms with Gasteiger partial charge in [0.2, 0.25) is 11.7 Å². The lowest BCUT2D eigenvalue weighted by molar-refractivity contribution is 0.342. The van der Waals surface area contributed by atoms with Gasteiger partial charge in [-0.2, -0.15) is 16.7 Å². The lowest BCUT2D eigenvalue weighted by Gasteiger charge is -2.19. The number of furan rings is 1. The first kappa shape index (κ1) is 9.92. The zero-order valence-electron chi connectivity index (χ0n) is 8.55. The van der Waals surface area contributed by atoms with Gasteiger partial charge in [-0.1, -0.05) is 5.16 Å². The fourth-order valence-electron chi connectivity index (χ4n) is 1.61. The highest BCUT2D eigenvalue weighted by atomic mass is 32.2. The summed E-state index contributed by atoms with van der Waals surface area (Å²) in [4.78, 5) is 4.36. The second-order valence-corrected chi connectivity index (χ2v) is 4.70. The summed E-state index contributed by atoms with van der Waals surface area (Å²) in [5.74, 6) is 3.36. The Morgan fingerprint density at radius 3 is 3.25 bits per heavy atom. The number of nitrogens with one attached hydrogen (secondary N) is 1. The van der Waals surface area contributed by atoms with Crippen LogP contribution >= 0.6 is 11.8 Å². The smallest absolute Gasteiger partial charge is 0.244 e. The average molecular weight is 237 g/mol. The Bertz CT molecular complexity index is 448. The minimum absolute atomic E-state index is 0.173. The second kappa shape index (κ2) is 4.31. The molecule has 2 aromatic rings. The fourth-order valence-corrected chi connectivity index (χ4v) is 2.53. The molecule has 0 bridgehead atoms. The van der Waals surface area contributed by atoms with Crippen LogP contribution in [-0.4, -0.2) is 28.2 Å². The van der Waals surface area contributed by atoms with E-state index in [0.717, 1.165) is 23.6 Å². The van der Waals surface area contributed by atoms with Crippen LogP contribution < -0.4 is 5.32 Å².